The largest absolute Gasteiger partial charge is 0.462 e. The Labute approximate surface area is 147 Å². The molecule has 9 heteroatoms. The maximum atomic E-state index is 13.3. The molecule has 4 N–H and O–H groups in total. The van der Waals surface area contributed by atoms with Crippen LogP contribution in [-0.4, -0.2) is 34.8 Å². The smallest absolute Gasteiger partial charge is 0.351 e. The molecule has 2 unspecified atom stereocenters. The van der Waals surface area contributed by atoms with Gasteiger partial charge < -0.3 is 20.9 Å². The summed E-state index contributed by atoms with van der Waals surface area (Å²) in [6, 6.07) is 0. The molecule has 0 radical (unpaired) electrons. The van der Waals surface area contributed by atoms with Crippen molar-refractivity contribution < 1.29 is 18.7 Å². The summed E-state index contributed by atoms with van der Waals surface area (Å²) in [6.07, 6.45) is 2.26. The Morgan fingerprint density at radius 2 is 2.04 bits per heavy atom. The fraction of sp³-hybridized carbons (Fsp3) is 0.688. The summed E-state index contributed by atoms with van der Waals surface area (Å²) in [6.45, 7) is 8.09. The average molecular weight is 360 g/mol. The van der Waals surface area contributed by atoms with Crippen molar-refractivity contribution in [1.29, 1.82) is 0 Å². The molecule has 2 heterocycles. The van der Waals surface area contributed by atoms with Gasteiger partial charge in [0.1, 0.15) is 12.8 Å². The molecule has 0 spiro atoms. The molecular formula is C16H29FN4O4. The summed E-state index contributed by atoms with van der Waals surface area (Å²) in [5.74, 6) is -1.77. The summed E-state index contributed by atoms with van der Waals surface area (Å²) >= 11 is 0. The third-order valence-electron chi connectivity index (χ3n) is 2.93. The molecule has 0 amide bonds. The van der Waals surface area contributed by atoms with Crippen LogP contribution in [-0.2, 0) is 14.3 Å². The van der Waals surface area contributed by atoms with Crippen molar-refractivity contribution in [3.8, 4) is 0 Å². The zero-order valence-corrected chi connectivity index (χ0v) is 15.3. The molecule has 0 aliphatic carbocycles. The lowest BCUT2D eigenvalue weighted by Gasteiger charge is -2.15. The summed E-state index contributed by atoms with van der Waals surface area (Å²) < 4.78 is 24.7. The predicted octanol–water partition coefficient (Wildman–Crippen LogP) is 1.59. The maximum absolute atomic E-state index is 13.3. The van der Waals surface area contributed by atoms with Crippen LogP contribution >= 0.6 is 0 Å². The van der Waals surface area contributed by atoms with Gasteiger partial charge in [0.05, 0.1) is 18.8 Å². The Bertz CT molecular complexity index is 580. The molecule has 1 fully saturated rings. The van der Waals surface area contributed by atoms with Gasteiger partial charge in [-0.1, -0.05) is 34.1 Å². The van der Waals surface area contributed by atoms with Gasteiger partial charge in [-0.3, -0.25) is 9.36 Å². The molecule has 1 saturated heterocycles. The van der Waals surface area contributed by atoms with Crippen LogP contribution in [0.25, 0.3) is 0 Å². The molecule has 25 heavy (non-hydrogen) atoms. The molecule has 0 bridgehead atoms. The molecule has 0 saturated carbocycles. The molecule has 8 nitrogen and oxygen atoms in total. The van der Waals surface area contributed by atoms with Gasteiger partial charge in [0, 0.05) is 0 Å². The van der Waals surface area contributed by atoms with Crippen LogP contribution in [0.2, 0.25) is 0 Å². The lowest BCUT2D eigenvalue weighted by Crippen LogP contribution is -2.29. The van der Waals surface area contributed by atoms with Crippen LogP contribution in [0.3, 0.4) is 0 Å². The quantitative estimate of drug-likeness (QED) is 0.782. The van der Waals surface area contributed by atoms with Crippen LogP contribution in [0.5, 0.6) is 0 Å². The number of carbonyl (C=O) groups is 1. The number of hydrogen-bond acceptors (Lipinski definition) is 7. The van der Waals surface area contributed by atoms with Crippen molar-refractivity contribution in [3.63, 3.8) is 0 Å². The Balaban J connectivity index is 0.00000104. The normalized spacial score (nSPS) is 18.5. The van der Waals surface area contributed by atoms with Crippen molar-refractivity contribution >= 4 is 11.8 Å². The van der Waals surface area contributed by atoms with E-state index in [0.29, 0.717) is 12.8 Å². The number of carbonyl (C=O) groups excluding carboxylic acids is 1. The standard InChI is InChI=1S/C11H15FN4O4.C3H8.C2H6/c12-7-4-16(11(18)15-10(7)14)8-2-1-6(20-8)5-19-9(17)3-13;1-3-2;1-2/h4,6,8H,1-3,5,13H2,(H2,14,15,18);3H2,1-2H3;1-2H3. The second-order valence-corrected chi connectivity index (χ2v) is 5.05. The van der Waals surface area contributed by atoms with Crippen LogP contribution in [0, 0.1) is 5.82 Å². The monoisotopic (exact) mass is 360 g/mol. The maximum Gasteiger partial charge on any atom is 0.351 e. The van der Waals surface area contributed by atoms with E-state index in [9.17, 15) is 14.0 Å². The Morgan fingerprint density at radius 3 is 2.60 bits per heavy atom. The first kappa shape index (κ1) is 23.0. The lowest BCUT2D eigenvalue weighted by atomic mass is 10.2. The highest BCUT2D eigenvalue weighted by atomic mass is 19.1. The molecular weight excluding hydrogens is 331 g/mol. The minimum absolute atomic E-state index is 0.0478. The number of esters is 1. The van der Waals surface area contributed by atoms with Crippen molar-refractivity contribution in [2.24, 2.45) is 5.73 Å². The van der Waals surface area contributed by atoms with E-state index < -0.39 is 29.5 Å². The molecule has 1 aliphatic rings. The first-order valence-corrected chi connectivity index (χ1v) is 8.48. The molecule has 2 atom stereocenters. The van der Waals surface area contributed by atoms with E-state index in [-0.39, 0.29) is 19.3 Å². The first-order valence-electron chi connectivity index (χ1n) is 8.48. The van der Waals surface area contributed by atoms with E-state index in [2.05, 4.69) is 18.8 Å². The molecule has 0 aromatic carbocycles. The number of halogens is 1. The third kappa shape index (κ3) is 7.61. The highest BCUT2D eigenvalue weighted by Gasteiger charge is 2.28. The number of nitrogens with two attached hydrogens (primary N) is 2. The highest BCUT2D eigenvalue weighted by molar-refractivity contribution is 5.71. The second-order valence-electron chi connectivity index (χ2n) is 5.05. The van der Waals surface area contributed by atoms with Gasteiger partial charge in [-0.15, -0.1) is 0 Å². The number of nitrogens with zero attached hydrogens (tertiary/aromatic N) is 2. The van der Waals surface area contributed by atoms with E-state index in [0.717, 1.165) is 10.8 Å². The van der Waals surface area contributed by atoms with Crippen molar-refractivity contribution in [2.75, 3.05) is 18.9 Å². The minimum atomic E-state index is -0.786. The first-order chi connectivity index (χ1) is 11.9. The topological polar surface area (TPSA) is 122 Å². The summed E-state index contributed by atoms with van der Waals surface area (Å²) in [5.41, 5.74) is 9.62. The van der Waals surface area contributed by atoms with Crippen LogP contribution in [0.15, 0.2) is 11.0 Å². The van der Waals surface area contributed by atoms with Gasteiger partial charge in [-0.2, -0.15) is 4.98 Å². The van der Waals surface area contributed by atoms with Crippen LogP contribution in [0.4, 0.5) is 10.2 Å². The fourth-order valence-electron chi connectivity index (χ4n) is 1.92. The van der Waals surface area contributed by atoms with Crippen molar-refractivity contribution in [3.05, 3.63) is 22.5 Å². The van der Waals surface area contributed by atoms with Crippen molar-refractivity contribution in [2.45, 2.75) is 59.3 Å². The van der Waals surface area contributed by atoms with Gasteiger partial charge in [0.25, 0.3) is 0 Å². The van der Waals surface area contributed by atoms with Gasteiger partial charge >= 0.3 is 11.7 Å². The van der Waals surface area contributed by atoms with Crippen LogP contribution in [0.1, 0.15) is 53.2 Å². The average Bonchev–Trinajstić information content (AvgIpc) is 3.07. The predicted molar refractivity (Wildman–Crippen MR) is 93.3 cm³/mol. The fourth-order valence-corrected chi connectivity index (χ4v) is 1.92. The zero-order chi connectivity index (χ0) is 19.4. The van der Waals surface area contributed by atoms with Crippen molar-refractivity contribution in [1.82, 2.24) is 9.55 Å². The van der Waals surface area contributed by atoms with E-state index >= 15 is 0 Å². The number of rotatable bonds is 4. The summed E-state index contributed by atoms with van der Waals surface area (Å²) in [7, 11) is 0. The zero-order valence-electron chi connectivity index (χ0n) is 15.3. The van der Waals surface area contributed by atoms with Gasteiger partial charge in [0.2, 0.25) is 0 Å². The van der Waals surface area contributed by atoms with E-state index in [1.807, 2.05) is 13.8 Å². The van der Waals surface area contributed by atoms with E-state index in [4.69, 9.17) is 20.9 Å². The van der Waals surface area contributed by atoms with Gasteiger partial charge in [-0.05, 0) is 12.8 Å². The second kappa shape index (κ2) is 12.4. The van der Waals surface area contributed by atoms with Gasteiger partial charge in [0.15, 0.2) is 11.6 Å². The Morgan fingerprint density at radius 1 is 1.44 bits per heavy atom. The van der Waals surface area contributed by atoms with E-state index in [1.54, 1.807) is 0 Å². The third-order valence-corrected chi connectivity index (χ3v) is 2.93. The summed E-state index contributed by atoms with van der Waals surface area (Å²) in [5, 5.41) is 0. The Hall–Kier alpha value is -2.00. The Kier molecular flexibility index (Phi) is 11.4. The molecule has 1 aromatic heterocycles. The number of aromatic nitrogens is 2. The summed E-state index contributed by atoms with van der Waals surface area (Å²) in [4.78, 5) is 25.9. The molecule has 144 valence electrons. The molecule has 1 aliphatic heterocycles. The minimum Gasteiger partial charge on any atom is -0.462 e. The number of nitrogen functional groups attached to an aromatic ring is 1. The van der Waals surface area contributed by atoms with Crippen LogP contribution < -0.4 is 17.2 Å². The molecule has 1 aromatic rings. The molecule has 2 rings (SSSR count). The SMILES string of the molecule is CC.CCC.NCC(=O)OCC1CCC(n2cc(F)c(N)nc2=O)O1. The number of anilines is 1. The van der Waals surface area contributed by atoms with E-state index in [1.165, 1.54) is 6.42 Å². The highest BCUT2D eigenvalue weighted by Crippen LogP contribution is 2.27. The lowest BCUT2D eigenvalue weighted by molar-refractivity contribution is -0.146. The number of ether oxygens (including phenoxy) is 2. The number of hydrogen-bond donors (Lipinski definition) is 2. The van der Waals surface area contributed by atoms with Gasteiger partial charge in [-0.25, -0.2) is 9.18 Å².